The molecule has 1 atom stereocenters. The molecule has 0 aromatic carbocycles. The molecular formula is C11H19NO4. The molecule has 92 valence electrons. The predicted octanol–water partition coefficient (Wildman–Crippen LogP) is 0.949. The van der Waals surface area contributed by atoms with Crippen molar-refractivity contribution in [2.45, 2.75) is 33.2 Å². The van der Waals surface area contributed by atoms with Crippen molar-refractivity contribution in [2.24, 2.45) is 0 Å². The summed E-state index contributed by atoms with van der Waals surface area (Å²) < 4.78 is 4.94. The summed E-state index contributed by atoms with van der Waals surface area (Å²) in [7, 11) is 1.56. The van der Waals surface area contributed by atoms with E-state index < -0.39 is 5.97 Å². The number of aliphatic carboxylic acids is 1. The van der Waals surface area contributed by atoms with E-state index >= 15 is 0 Å². The maximum Gasteiger partial charge on any atom is 0.331 e. The monoisotopic (exact) mass is 229 g/mol. The number of carbonyl (C=O) groups is 2. The lowest BCUT2D eigenvalue weighted by Crippen LogP contribution is -2.38. The van der Waals surface area contributed by atoms with Gasteiger partial charge >= 0.3 is 5.97 Å². The van der Waals surface area contributed by atoms with Crippen molar-refractivity contribution < 1.29 is 19.4 Å². The van der Waals surface area contributed by atoms with Gasteiger partial charge in [-0.1, -0.05) is 6.92 Å². The summed E-state index contributed by atoms with van der Waals surface area (Å²) in [4.78, 5) is 22.3. The van der Waals surface area contributed by atoms with E-state index in [0.717, 1.165) is 6.42 Å². The maximum atomic E-state index is 11.6. The minimum atomic E-state index is -1.08. The van der Waals surface area contributed by atoms with E-state index in [-0.39, 0.29) is 23.1 Å². The summed E-state index contributed by atoms with van der Waals surface area (Å²) in [5, 5.41) is 11.5. The third kappa shape index (κ3) is 4.44. The number of rotatable bonds is 6. The van der Waals surface area contributed by atoms with E-state index in [1.807, 2.05) is 6.92 Å². The Morgan fingerprint density at radius 1 is 1.31 bits per heavy atom. The van der Waals surface area contributed by atoms with Crippen molar-refractivity contribution in [2.75, 3.05) is 13.7 Å². The smallest absolute Gasteiger partial charge is 0.331 e. The van der Waals surface area contributed by atoms with Crippen LogP contribution in [0.4, 0.5) is 0 Å². The van der Waals surface area contributed by atoms with Crippen molar-refractivity contribution in [3.63, 3.8) is 0 Å². The number of hydrogen-bond acceptors (Lipinski definition) is 3. The lowest BCUT2D eigenvalue weighted by molar-refractivity contribution is -0.133. The number of ether oxygens (including phenoxy) is 1. The zero-order valence-electron chi connectivity index (χ0n) is 10.2. The van der Waals surface area contributed by atoms with Gasteiger partial charge in [-0.2, -0.15) is 0 Å². The molecule has 1 unspecified atom stereocenters. The first-order valence-electron chi connectivity index (χ1n) is 5.14. The highest BCUT2D eigenvalue weighted by molar-refractivity contribution is 6.01. The second-order valence-corrected chi connectivity index (χ2v) is 3.59. The molecule has 5 nitrogen and oxygen atoms in total. The van der Waals surface area contributed by atoms with Crippen LogP contribution in [0.3, 0.4) is 0 Å². The molecule has 0 bridgehead atoms. The molecule has 0 saturated carbocycles. The second kappa shape index (κ2) is 7.00. The topological polar surface area (TPSA) is 75.6 Å². The number of methoxy groups -OCH3 is 1. The molecule has 0 fully saturated rings. The van der Waals surface area contributed by atoms with Crippen LogP contribution in [-0.2, 0) is 14.3 Å². The molecule has 2 N–H and O–H groups in total. The van der Waals surface area contributed by atoms with Crippen LogP contribution in [0.2, 0.25) is 0 Å². The first kappa shape index (κ1) is 14.6. The number of amides is 1. The molecule has 0 aliphatic rings. The molecule has 0 rings (SSSR count). The zero-order chi connectivity index (χ0) is 12.7. The highest BCUT2D eigenvalue weighted by atomic mass is 16.5. The molecule has 0 aromatic rings. The summed E-state index contributed by atoms with van der Waals surface area (Å²) in [5.41, 5.74) is 0.284. The highest BCUT2D eigenvalue weighted by Crippen LogP contribution is 2.04. The summed E-state index contributed by atoms with van der Waals surface area (Å²) in [6.07, 6.45) is 0.735. The van der Waals surface area contributed by atoms with Gasteiger partial charge < -0.3 is 15.2 Å². The lowest BCUT2D eigenvalue weighted by atomic mass is 10.1. The Morgan fingerprint density at radius 2 is 1.88 bits per heavy atom. The van der Waals surface area contributed by atoms with Gasteiger partial charge in [-0.05, 0) is 20.3 Å². The molecule has 0 heterocycles. The molecule has 0 spiro atoms. The van der Waals surface area contributed by atoms with Crippen LogP contribution in [0.1, 0.15) is 27.2 Å². The van der Waals surface area contributed by atoms with Crippen LogP contribution in [0, 0.1) is 0 Å². The van der Waals surface area contributed by atoms with Crippen LogP contribution in [-0.4, -0.2) is 36.7 Å². The van der Waals surface area contributed by atoms with Gasteiger partial charge in [0, 0.05) is 18.3 Å². The normalized spacial score (nSPS) is 14.0. The fourth-order valence-corrected chi connectivity index (χ4v) is 1.09. The van der Waals surface area contributed by atoms with Gasteiger partial charge in [-0.3, -0.25) is 4.79 Å². The first-order chi connectivity index (χ1) is 7.43. The Kier molecular flexibility index (Phi) is 6.41. The molecule has 5 heteroatoms. The predicted molar refractivity (Wildman–Crippen MR) is 60.1 cm³/mol. The first-order valence-corrected chi connectivity index (χ1v) is 5.14. The van der Waals surface area contributed by atoms with E-state index in [2.05, 4.69) is 5.32 Å². The zero-order valence-corrected chi connectivity index (χ0v) is 10.2. The van der Waals surface area contributed by atoms with Gasteiger partial charge in [0.2, 0.25) is 5.91 Å². The van der Waals surface area contributed by atoms with Crippen molar-refractivity contribution in [1.82, 2.24) is 5.32 Å². The number of carboxylic acid groups (broad SMARTS) is 1. The number of carbonyl (C=O) groups excluding carboxylic acids is 1. The number of carboxylic acids is 1. The van der Waals surface area contributed by atoms with E-state index in [4.69, 9.17) is 9.84 Å². The van der Waals surface area contributed by atoms with Crippen LogP contribution in [0.25, 0.3) is 0 Å². The number of nitrogens with one attached hydrogen (secondary N) is 1. The Bertz CT molecular complexity index is 296. The van der Waals surface area contributed by atoms with E-state index in [9.17, 15) is 9.59 Å². The third-order valence-electron chi connectivity index (χ3n) is 2.42. The van der Waals surface area contributed by atoms with Gasteiger partial charge in [0.15, 0.2) is 0 Å². The van der Waals surface area contributed by atoms with Crippen molar-refractivity contribution in [1.29, 1.82) is 0 Å². The summed E-state index contributed by atoms with van der Waals surface area (Å²) >= 11 is 0. The second-order valence-electron chi connectivity index (χ2n) is 3.59. The van der Waals surface area contributed by atoms with Crippen molar-refractivity contribution in [3.05, 3.63) is 11.1 Å². The Balaban J connectivity index is 4.57. The molecule has 0 saturated heterocycles. The molecule has 0 aromatic heterocycles. The van der Waals surface area contributed by atoms with Gasteiger partial charge in [0.1, 0.15) is 0 Å². The van der Waals surface area contributed by atoms with Crippen molar-refractivity contribution in [3.8, 4) is 0 Å². The Hall–Kier alpha value is -1.36. The van der Waals surface area contributed by atoms with Gasteiger partial charge in [0.25, 0.3) is 0 Å². The maximum absolute atomic E-state index is 11.6. The molecule has 0 aliphatic heterocycles. The van der Waals surface area contributed by atoms with Gasteiger partial charge in [0.05, 0.1) is 12.6 Å². The third-order valence-corrected chi connectivity index (χ3v) is 2.42. The average molecular weight is 229 g/mol. The molecule has 0 aliphatic carbocycles. The van der Waals surface area contributed by atoms with Gasteiger partial charge in [-0.25, -0.2) is 4.79 Å². The largest absolute Gasteiger partial charge is 0.478 e. The fourth-order valence-electron chi connectivity index (χ4n) is 1.09. The average Bonchev–Trinajstić information content (AvgIpc) is 2.25. The Morgan fingerprint density at radius 3 is 2.25 bits per heavy atom. The lowest BCUT2D eigenvalue weighted by Gasteiger charge is -2.16. The van der Waals surface area contributed by atoms with E-state index in [1.165, 1.54) is 13.8 Å². The fraction of sp³-hybridized carbons (Fsp3) is 0.636. The van der Waals surface area contributed by atoms with Crippen LogP contribution >= 0.6 is 0 Å². The summed E-state index contributed by atoms with van der Waals surface area (Å²) in [6, 6.07) is -0.0888. The molecular weight excluding hydrogens is 210 g/mol. The van der Waals surface area contributed by atoms with Crippen LogP contribution < -0.4 is 5.32 Å². The number of hydrogen-bond donors (Lipinski definition) is 2. The van der Waals surface area contributed by atoms with E-state index in [1.54, 1.807) is 7.11 Å². The molecule has 0 radical (unpaired) electrons. The Labute approximate surface area is 95.5 Å². The summed E-state index contributed by atoms with van der Waals surface area (Å²) in [6.45, 7) is 5.25. The highest BCUT2D eigenvalue weighted by Gasteiger charge is 2.15. The van der Waals surface area contributed by atoms with Crippen LogP contribution in [0.5, 0.6) is 0 Å². The minimum absolute atomic E-state index is 0.0600. The van der Waals surface area contributed by atoms with E-state index in [0.29, 0.717) is 6.61 Å². The summed E-state index contributed by atoms with van der Waals surface area (Å²) in [5.74, 6) is -1.43. The SMILES string of the molecule is CCC(COC)NC(=O)C(C)=C(C)C(=O)O. The molecule has 16 heavy (non-hydrogen) atoms. The quantitative estimate of drug-likeness (QED) is 0.665. The van der Waals surface area contributed by atoms with Crippen molar-refractivity contribution >= 4 is 11.9 Å². The molecule has 1 amide bonds. The van der Waals surface area contributed by atoms with Gasteiger partial charge in [-0.15, -0.1) is 0 Å². The standard InChI is InChI=1S/C11H19NO4/c1-5-9(6-16-4)12-10(13)7(2)8(3)11(14)15/h9H,5-6H2,1-4H3,(H,12,13)(H,14,15). The van der Waals surface area contributed by atoms with Crippen LogP contribution in [0.15, 0.2) is 11.1 Å². The minimum Gasteiger partial charge on any atom is -0.478 e.